The van der Waals surface area contributed by atoms with Crippen molar-refractivity contribution in [3.8, 4) is 11.5 Å². The summed E-state index contributed by atoms with van der Waals surface area (Å²) in [4.78, 5) is 24.6. The molecule has 0 bridgehead atoms. The molecule has 178 valence electrons. The first kappa shape index (κ1) is 25.5. The minimum atomic E-state index is -0.449. The minimum absolute atomic E-state index is 0.0445. The third-order valence-corrected chi connectivity index (χ3v) is 5.62. The summed E-state index contributed by atoms with van der Waals surface area (Å²) in [6.07, 6.45) is 0.938. The number of halogens is 1. The highest BCUT2D eigenvalue weighted by Gasteiger charge is 2.12. The predicted octanol–water partition coefficient (Wildman–Crippen LogP) is 4.74. The van der Waals surface area contributed by atoms with Gasteiger partial charge in [0.2, 0.25) is 0 Å². The van der Waals surface area contributed by atoms with E-state index in [-0.39, 0.29) is 11.7 Å². The first-order chi connectivity index (χ1) is 16.3. The van der Waals surface area contributed by atoms with Crippen LogP contribution in [-0.2, 0) is 4.79 Å². The number of carbonyl (C=O) groups excluding carboxylic acids is 2. The number of amides is 2. The lowest BCUT2D eigenvalue weighted by molar-refractivity contribution is -0.123. The Kier molecular flexibility index (Phi) is 9.24. The predicted molar refractivity (Wildman–Crippen MR) is 140 cm³/mol. The molecule has 0 aromatic heterocycles. The molecule has 0 saturated carbocycles. The third kappa shape index (κ3) is 7.43. The maximum absolute atomic E-state index is 12.5. The number of hydrogen-bond donors (Lipinski definition) is 3. The zero-order valence-electron chi connectivity index (χ0n) is 18.9. The zero-order valence-corrected chi connectivity index (χ0v) is 21.3. The van der Waals surface area contributed by atoms with Gasteiger partial charge in [0.05, 0.1) is 11.1 Å². The second-order valence-corrected chi connectivity index (χ2v) is 9.16. The molecule has 34 heavy (non-hydrogen) atoms. The van der Waals surface area contributed by atoms with Gasteiger partial charge in [0.1, 0.15) is 11.5 Å². The lowest BCUT2D eigenvalue weighted by Crippen LogP contribution is -2.49. The average molecular weight is 544 g/mol. The normalized spacial score (nSPS) is 10.6. The van der Waals surface area contributed by atoms with Crippen molar-refractivity contribution in [1.82, 2.24) is 16.2 Å². The Morgan fingerprint density at radius 1 is 0.971 bits per heavy atom. The Morgan fingerprint density at radius 2 is 1.74 bits per heavy atom. The molecule has 3 aromatic carbocycles. The second kappa shape index (κ2) is 12.3. The highest BCUT2D eigenvalue weighted by molar-refractivity contribution is 9.10. The van der Waals surface area contributed by atoms with Crippen molar-refractivity contribution < 1.29 is 19.1 Å². The van der Waals surface area contributed by atoms with E-state index in [2.05, 4.69) is 45.9 Å². The highest BCUT2D eigenvalue weighted by Crippen LogP contribution is 2.27. The molecule has 3 N–H and O–H groups in total. The van der Waals surface area contributed by atoms with Gasteiger partial charge in [-0.2, -0.15) is 0 Å². The van der Waals surface area contributed by atoms with E-state index in [9.17, 15) is 9.59 Å². The lowest BCUT2D eigenvalue weighted by atomic mass is 10.1. The Balaban J connectivity index is 1.44. The summed E-state index contributed by atoms with van der Waals surface area (Å²) in [7, 11) is 0. The molecule has 0 fully saturated rings. The Morgan fingerprint density at radius 3 is 2.50 bits per heavy atom. The fraction of sp³-hybridized carbons (Fsp3) is 0.240. The Labute approximate surface area is 212 Å². The van der Waals surface area contributed by atoms with Crippen LogP contribution in [0.5, 0.6) is 11.5 Å². The van der Waals surface area contributed by atoms with E-state index in [1.54, 1.807) is 24.3 Å². The molecule has 0 aliphatic rings. The highest BCUT2D eigenvalue weighted by atomic mass is 79.9. The maximum Gasteiger partial charge on any atom is 0.276 e. The fourth-order valence-corrected chi connectivity index (χ4v) is 3.63. The molecule has 0 spiro atoms. The minimum Gasteiger partial charge on any atom is -0.492 e. The molecule has 3 rings (SSSR count). The van der Waals surface area contributed by atoms with Crippen LogP contribution in [0.3, 0.4) is 0 Å². The molecule has 3 aromatic rings. The Bertz CT molecular complexity index is 1180. The largest absolute Gasteiger partial charge is 0.492 e. The van der Waals surface area contributed by atoms with Gasteiger partial charge in [-0.15, -0.1) is 0 Å². The number of hydrogen-bond acceptors (Lipinski definition) is 5. The molecule has 0 atom stereocenters. The van der Waals surface area contributed by atoms with Crippen LogP contribution < -0.4 is 25.6 Å². The molecule has 0 aliphatic heterocycles. The standard InChI is InChI=1S/C25H26BrN3O4S/c1-16(2)12-13-32-22-11-10-18(14-20(22)26)24(31)27-25(34)29-28-23(30)15-33-21-9-5-7-17-6-3-4-8-19(17)21/h3-11,14,16H,12-13,15H2,1-2H3,(H,28,30)(H2,27,29,31,34). The van der Waals surface area contributed by atoms with Gasteiger partial charge in [-0.3, -0.25) is 25.8 Å². The first-order valence-electron chi connectivity index (χ1n) is 10.8. The third-order valence-electron chi connectivity index (χ3n) is 4.80. The van der Waals surface area contributed by atoms with Crippen LogP contribution in [0.4, 0.5) is 0 Å². The van der Waals surface area contributed by atoms with Crippen LogP contribution in [0, 0.1) is 5.92 Å². The van der Waals surface area contributed by atoms with Crippen molar-refractivity contribution in [2.45, 2.75) is 20.3 Å². The van der Waals surface area contributed by atoms with E-state index >= 15 is 0 Å². The van der Waals surface area contributed by atoms with E-state index in [1.807, 2.05) is 36.4 Å². The fourth-order valence-electron chi connectivity index (χ4n) is 3.00. The van der Waals surface area contributed by atoms with Crippen LogP contribution in [-0.4, -0.2) is 30.1 Å². The molecule has 7 nitrogen and oxygen atoms in total. The SMILES string of the molecule is CC(C)CCOc1ccc(C(=O)NC(=S)NNC(=O)COc2cccc3ccccc23)cc1Br. The molecule has 0 radical (unpaired) electrons. The number of fused-ring (bicyclic) bond motifs is 1. The first-order valence-corrected chi connectivity index (χ1v) is 12.0. The van der Waals surface area contributed by atoms with Gasteiger partial charge in [-0.25, -0.2) is 0 Å². The number of hydrazine groups is 1. The van der Waals surface area contributed by atoms with Crippen LogP contribution in [0.15, 0.2) is 65.1 Å². The van der Waals surface area contributed by atoms with Crippen molar-refractivity contribution in [3.63, 3.8) is 0 Å². The molecular weight excluding hydrogens is 518 g/mol. The zero-order chi connectivity index (χ0) is 24.5. The summed E-state index contributed by atoms with van der Waals surface area (Å²) in [6.45, 7) is 4.63. The summed E-state index contributed by atoms with van der Waals surface area (Å²) < 4.78 is 12.0. The van der Waals surface area contributed by atoms with Gasteiger partial charge in [0.15, 0.2) is 11.7 Å². The van der Waals surface area contributed by atoms with Crippen LogP contribution in [0.25, 0.3) is 10.8 Å². The number of benzene rings is 3. The summed E-state index contributed by atoms with van der Waals surface area (Å²) in [5, 5.41) is 4.40. The molecule has 0 unspecified atom stereocenters. The number of nitrogens with one attached hydrogen (secondary N) is 3. The Hall–Kier alpha value is -3.17. The molecule has 0 aliphatic carbocycles. The summed E-state index contributed by atoms with van der Waals surface area (Å²) in [5.41, 5.74) is 5.30. The van der Waals surface area contributed by atoms with E-state index in [4.69, 9.17) is 21.7 Å². The van der Waals surface area contributed by atoms with E-state index in [1.165, 1.54) is 0 Å². The summed E-state index contributed by atoms with van der Waals surface area (Å²) in [5.74, 6) is 0.939. The van der Waals surface area contributed by atoms with E-state index < -0.39 is 11.8 Å². The van der Waals surface area contributed by atoms with Gasteiger partial charge in [0.25, 0.3) is 11.8 Å². The molecular formula is C25H26BrN3O4S. The molecule has 0 saturated heterocycles. The van der Waals surface area contributed by atoms with Crippen LogP contribution >= 0.6 is 28.1 Å². The van der Waals surface area contributed by atoms with Crippen molar-refractivity contribution in [3.05, 3.63) is 70.7 Å². The van der Waals surface area contributed by atoms with Crippen molar-refractivity contribution >= 4 is 55.8 Å². The monoisotopic (exact) mass is 543 g/mol. The number of ether oxygens (including phenoxy) is 2. The summed E-state index contributed by atoms with van der Waals surface area (Å²) >= 11 is 8.52. The van der Waals surface area contributed by atoms with Crippen LogP contribution in [0.1, 0.15) is 30.6 Å². The van der Waals surface area contributed by atoms with E-state index in [0.717, 1.165) is 17.2 Å². The van der Waals surface area contributed by atoms with Gasteiger partial charge in [-0.05, 0) is 70.1 Å². The van der Waals surface area contributed by atoms with Crippen molar-refractivity contribution in [2.75, 3.05) is 13.2 Å². The second-order valence-electron chi connectivity index (χ2n) is 7.90. The van der Waals surface area contributed by atoms with Gasteiger partial charge < -0.3 is 9.47 Å². The van der Waals surface area contributed by atoms with Crippen molar-refractivity contribution in [2.24, 2.45) is 5.92 Å². The number of thiocarbonyl (C=S) groups is 1. The van der Waals surface area contributed by atoms with Crippen molar-refractivity contribution in [1.29, 1.82) is 0 Å². The topological polar surface area (TPSA) is 88.7 Å². The van der Waals surface area contributed by atoms with Gasteiger partial charge >= 0.3 is 0 Å². The molecule has 9 heteroatoms. The number of rotatable bonds is 8. The lowest BCUT2D eigenvalue weighted by Gasteiger charge is -2.13. The summed E-state index contributed by atoms with van der Waals surface area (Å²) in [6, 6.07) is 18.4. The quantitative estimate of drug-likeness (QED) is 0.281. The van der Waals surface area contributed by atoms with Gasteiger partial charge in [-0.1, -0.05) is 50.2 Å². The maximum atomic E-state index is 12.5. The van der Waals surface area contributed by atoms with E-state index in [0.29, 0.717) is 34.1 Å². The smallest absolute Gasteiger partial charge is 0.276 e. The molecule has 2 amide bonds. The molecule has 0 heterocycles. The van der Waals surface area contributed by atoms with Gasteiger partial charge in [0, 0.05) is 10.9 Å². The number of carbonyl (C=O) groups is 2. The van der Waals surface area contributed by atoms with Crippen LogP contribution in [0.2, 0.25) is 0 Å². The average Bonchev–Trinajstić information content (AvgIpc) is 2.82.